The summed E-state index contributed by atoms with van der Waals surface area (Å²) < 4.78 is 5.57. The van der Waals surface area contributed by atoms with Crippen molar-refractivity contribution in [3.05, 3.63) is 0 Å². The molecule has 1 spiro atoms. The van der Waals surface area contributed by atoms with Crippen LogP contribution in [0.4, 0.5) is 0 Å². The van der Waals surface area contributed by atoms with E-state index < -0.39 is 0 Å². The summed E-state index contributed by atoms with van der Waals surface area (Å²) in [5.41, 5.74) is -0.190. The average molecular weight is 164 g/mol. The molecule has 0 amide bonds. The Morgan fingerprint density at radius 3 is 3.00 bits per heavy atom. The fourth-order valence-electron chi connectivity index (χ4n) is 2.86. The topological polar surface area (TPSA) is 34.0 Å². The highest BCUT2D eigenvalue weighted by Crippen LogP contribution is 2.53. The standard InChI is InChI=1S/C9H12N2O/c1-2-8-3-7(1)4-9(8)11-5-10-6-12-9/h5-8H,1-4H2. The first-order chi connectivity index (χ1) is 5.89. The SMILES string of the molecule is C1=NC=NC2(CC3CCC2C3)O1. The van der Waals surface area contributed by atoms with Gasteiger partial charge in [-0.1, -0.05) is 0 Å². The van der Waals surface area contributed by atoms with Gasteiger partial charge in [0.25, 0.3) is 0 Å². The number of nitrogens with zero attached hydrogens (tertiary/aromatic N) is 2. The molecule has 3 rings (SSSR count). The Kier molecular flexibility index (Phi) is 1.15. The Hall–Kier alpha value is -0.860. The molecule has 12 heavy (non-hydrogen) atoms. The predicted octanol–water partition coefficient (Wildman–Crippen LogP) is 1.59. The number of fused-ring (bicyclic) bond motifs is 3. The molecule has 3 aliphatic rings. The molecule has 0 aromatic heterocycles. The molecule has 64 valence electrons. The highest BCUT2D eigenvalue weighted by molar-refractivity contribution is 5.70. The lowest BCUT2D eigenvalue weighted by molar-refractivity contribution is 0.0144. The number of rotatable bonds is 0. The zero-order chi connectivity index (χ0) is 8.02. The van der Waals surface area contributed by atoms with Gasteiger partial charge >= 0.3 is 0 Å². The van der Waals surface area contributed by atoms with Crippen LogP contribution in [-0.2, 0) is 4.74 Å². The second kappa shape index (κ2) is 2.09. The molecule has 1 aliphatic heterocycles. The van der Waals surface area contributed by atoms with Crippen molar-refractivity contribution in [3.63, 3.8) is 0 Å². The monoisotopic (exact) mass is 164 g/mol. The van der Waals surface area contributed by atoms with Gasteiger partial charge in [0, 0.05) is 12.3 Å². The third-order valence-electron chi connectivity index (χ3n) is 3.42. The van der Waals surface area contributed by atoms with Crippen LogP contribution in [0.15, 0.2) is 9.98 Å². The minimum Gasteiger partial charge on any atom is -0.455 e. The third-order valence-corrected chi connectivity index (χ3v) is 3.42. The summed E-state index contributed by atoms with van der Waals surface area (Å²) in [5, 5.41) is 0. The minimum absolute atomic E-state index is 0.190. The largest absolute Gasteiger partial charge is 0.455 e. The van der Waals surface area contributed by atoms with Gasteiger partial charge in [-0.15, -0.1) is 0 Å². The highest BCUT2D eigenvalue weighted by Gasteiger charge is 2.53. The molecule has 3 unspecified atom stereocenters. The van der Waals surface area contributed by atoms with Gasteiger partial charge in [0.2, 0.25) is 5.72 Å². The van der Waals surface area contributed by atoms with E-state index in [9.17, 15) is 0 Å². The zero-order valence-electron chi connectivity index (χ0n) is 6.94. The summed E-state index contributed by atoms with van der Waals surface area (Å²) in [4.78, 5) is 8.24. The molecule has 3 atom stereocenters. The summed E-state index contributed by atoms with van der Waals surface area (Å²) in [5.74, 6) is 1.52. The molecule has 0 saturated heterocycles. The van der Waals surface area contributed by atoms with Crippen LogP contribution >= 0.6 is 0 Å². The first-order valence-corrected chi connectivity index (χ1v) is 4.62. The van der Waals surface area contributed by atoms with Crippen molar-refractivity contribution in [2.24, 2.45) is 21.8 Å². The Morgan fingerprint density at radius 1 is 1.42 bits per heavy atom. The third kappa shape index (κ3) is 0.713. The van der Waals surface area contributed by atoms with E-state index in [2.05, 4.69) is 9.98 Å². The van der Waals surface area contributed by atoms with Crippen LogP contribution in [0.5, 0.6) is 0 Å². The first-order valence-electron chi connectivity index (χ1n) is 4.62. The molecule has 0 aromatic carbocycles. The van der Waals surface area contributed by atoms with Gasteiger partial charge in [0.05, 0.1) is 0 Å². The fraction of sp³-hybridized carbons (Fsp3) is 0.778. The van der Waals surface area contributed by atoms with E-state index in [1.807, 2.05) is 0 Å². The van der Waals surface area contributed by atoms with Crippen molar-refractivity contribution in [2.45, 2.75) is 31.4 Å². The predicted molar refractivity (Wildman–Crippen MR) is 46.2 cm³/mol. The van der Waals surface area contributed by atoms with Crippen LogP contribution in [0, 0.1) is 11.8 Å². The van der Waals surface area contributed by atoms with Crippen molar-refractivity contribution in [3.8, 4) is 0 Å². The van der Waals surface area contributed by atoms with E-state index in [-0.39, 0.29) is 5.72 Å². The molecule has 0 N–H and O–H groups in total. The Morgan fingerprint density at radius 2 is 2.42 bits per heavy atom. The quantitative estimate of drug-likeness (QED) is 0.535. The Labute approximate surface area is 71.5 Å². The summed E-state index contributed by atoms with van der Waals surface area (Å²) in [6.45, 7) is 0. The maximum Gasteiger partial charge on any atom is 0.205 e. The lowest BCUT2D eigenvalue weighted by atomic mass is 9.92. The van der Waals surface area contributed by atoms with Crippen molar-refractivity contribution >= 4 is 12.7 Å². The number of hydrogen-bond acceptors (Lipinski definition) is 3. The second-order valence-electron chi connectivity index (χ2n) is 4.04. The Balaban J connectivity index is 1.92. The molecule has 0 radical (unpaired) electrons. The van der Waals surface area contributed by atoms with E-state index in [0.29, 0.717) is 5.92 Å². The molecular weight excluding hydrogens is 152 g/mol. The molecule has 1 heterocycles. The molecule has 2 saturated carbocycles. The van der Waals surface area contributed by atoms with E-state index in [1.54, 1.807) is 12.7 Å². The maximum atomic E-state index is 5.57. The van der Waals surface area contributed by atoms with Crippen molar-refractivity contribution in [2.75, 3.05) is 0 Å². The number of hydrogen-bond donors (Lipinski definition) is 0. The molecule has 2 aliphatic carbocycles. The summed E-state index contributed by atoms with van der Waals surface area (Å²) in [7, 11) is 0. The first kappa shape index (κ1) is 6.63. The van der Waals surface area contributed by atoms with Crippen molar-refractivity contribution in [1.82, 2.24) is 0 Å². The number of aliphatic imine (C=N–C) groups is 2. The normalized spacial score (nSPS) is 48.7. The zero-order valence-corrected chi connectivity index (χ0v) is 6.94. The number of ether oxygens (including phenoxy) is 1. The summed E-state index contributed by atoms with van der Waals surface area (Å²) in [6.07, 6.45) is 8.28. The van der Waals surface area contributed by atoms with Gasteiger partial charge in [0.15, 0.2) is 6.40 Å². The Bertz CT molecular complexity index is 261. The lowest BCUT2D eigenvalue weighted by Gasteiger charge is -2.33. The maximum absolute atomic E-state index is 5.57. The molecule has 3 heteroatoms. The van der Waals surface area contributed by atoms with E-state index >= 15 is 0 Å². The van der Waals surface area contributed by atoms with Crippen LogP contribution in [0.1, 0.15) is 25.7 Å². The van der Waals surface area contributed by atoms with Crippen molar-refractivity contribution in [1.29, 1.82) is 0 Å². The van der Waals surface area contributed by atoms with Crippen LogP contribution in [0.2, 0.25) is 0 Å². The van der Waals surface area contributed by atoms with Gasteiger partial charge in [-0.25, -0.2) is 9.98 Å². The molecule has 2 fully saturated rings. The molecule has 2 bridgehead atoms. The van der Waals surface area contributed by atoms with E-state index in [0.717, 1.165) is 12.3 Å². The molecular formula is C9H12N2O. The van der Waals surface area contributed by atoms with Crippen molar-refractivity contribution < 1.29 is 4.74 Å². The van der Waals surface area contributed by atoms with Gasteiger partial charge in [-0.2, -0.15) is 0 Å². The summed E-state index contributed by atoms with van der Waals surface area (Å²) >= 11 is 0. The van der Waals surface area contributed by atoms with E-state index in [4.69, 9.17) is 4.74 Å². The molecule has 3 nitrogen and oxygen atoms in total. The van der Waals surface area contributed by atoms with Crippen LogP contribution in [0.3, 0.4) is 0 Å². The van der Waals surface area contributed by atoms with E-state index in [1.165, 1.54) is 19.3 Å². The lowest BCUT2D eigenvalue weighted by Crippen LogP contribution is -2.37. The smallest absolute Gasteiger partial charge is 0.205 e. The highest BCUT2D eigenvalue weighted by atomic mass is 16.5. The van der Waals surface area contributed by atoms with Crippen LogP contribution < -0.4 is 0 Å². The average Bonchev–Trinajstić information content (AvgIpc) is 2.65. The van der Waals surface area contributed by atoms with Gasteiger partial charge < -0.3 is 4.74 Å². The van der Waals surface area contributed by atoms with Crippen LogP contribution in [0.25, 0.3) is 0 Å². The summed E-state index contributed by atoms with van der Waals surface area (Å²) in [6, 6.07) is 0. The molecule has 0 aromatic rings. The van der Waals surface area contributed by atoms with Gasteiger partial charge in [0.1, 0.15) is 6.34 Å². The fourth-order valence-corrected chi connectivity index (χ4v) is 2.86. The van der Waals surface area contributed by atoms with Crippen LogP contribution in [-0.4, -0.2) is 18.5 Å². The van der Waals surface area contributed by atoms with Gasteiger partial charge in [-0.3, -0.25) is 0 Å². The second-order valence-corrected chi connectivity index (χ2v) is 4.04. The minimum atomic E-state index is -0.190. The van der Waals surface area contributed by atoms with Gasteiger partial charge in [-0.05, 0) is 25.2 Å².